The predicted molar refractivity (Wildman–Crippen MR) is 191 cm³/mol. The third-order valence-corrected chi connectivity index (χ3v) is 7.66. The Morgan fingerprint density at radius 2 is 1.81 bits per heavy atom. The number of hydrogen-bond acceptors (Lipinski definition) is 6. The van der Waals surface area contributed by atoms with Gasteiger partial charge in [-0.15, -0.1) is 6.58 Å². The molecule has 0 bridgehead atoms. The number of hydrogen-bond donors (Lipinski definition) is 4. The van der Waals surface area contributed by atoms with Gasteiger partial charge in [-0.25, -0.2) is 0 Å². The van der Waals surface area contributed by atoms with Gasteiger partial charge in [0.15, 0.2) is 0 Å². The van der Waals surface area contributed by atoms with Gasteiger partial charge in [0.05, 0.1) is 12.0 Å². The van der Waals surface area contributed by atoms with E-state index in [0.717, 1.165) is 72.7 Å². The van der Waals surface area contributed by atoms with Crippen molar-refractivity contribution in [2.24, 2.45) is 0 Å². The van der Waals surface area contributed by atoms with Crippen LogP contribution in [0.3, 0.4) is 0 Å². The number of aryl methyl sites for hydroxylation is 1. The zero-order chi connectivity index (χ0) is 35.9. The van der Waals surface area contributed by atoms with E-state index in [2.05, 4.69) is 36.9 Å². The van der Waals surface area contributed by atoms with Crippen LogP contribution in [0.1, 0.15) is 76.8 Å². The molecule has 1 aliphatic carbocycles. The summed E-state index contributed by atoms with van der Waals surface area (Å²) in [5, 5.41) is 20.9. The average molecular weight is 680 g/mol. The number of amides is 1. The standard InChI is InChI=1S/C19H29ClN2O.C13H15F3N2O.C3H6.CH3N/c1-4-10-19(23-3)11-8-15(9-12-21-2)18(14-19)22-17-7-5-6-16(20)13-17;1-2-10-3-5-11(6-4-10)12(17)18(9-19)8-7-13(14,15)16;1-3-2;1-2/h5-7,13,21-22H,4,8-12,14H2,1-3H3;3-6,9,17H,2,7-8H2,1H3;3H,1H2,2H3;2H,1H2. The summed E-state index contributed by atoms with van der Waals surface area (Å²) in [4.78, 5) is 11.5. The topological polar surface area (TPSA) is 101 Å². The van der Waals surface area contributed by atoms with Crippen LogP contribution in [0.15, 0.2) is 72.5 Å². The number of methoxy groups -OCH3 is 1. The van der Waals surface area contributed by atoms with Crippen molar-refractivity contribution in [2.45, 2.75) is 83.9 Å². The Balaban J connectivity index is 0.000000803. The lowest BCUT2D eigenvalue weighted by Crippen LogP contribution is -2.36. The second kappa shape index (κ2) is 23.8. The molecule has 0 saturated carbocycles. The monoisotopic (exact) mass is 679 g/mol. The molecule has 2 aromatic rings. The molecule has 1 unspecified atom stereocenters. The maximum absolute atomic E-state index is 12.1. The molecule has 0 saturated heterocycles. The van der Waals surface area contributed by atoms with Gasteiger partial charge in [0.2, 0.25) is 6.41 Å². The Hall–Kier alpha value is -3.47. The van der Waals surface area contributed by atoms with Gasteiger partial charge in [0, 0.05) is 42.0 Å². The van der Waals surface area contributed by atoms with Crippen LogP contribution in [-0.2, 0) is 16.0 Å². The Morgan fingerprint density at radius 1 is 1.17 bits per heavy atom. The van der Waals surface area contributed by atoms with Gasteiger partial charge in [-0.05, 0) is 88.7 Å². The van der Waals surface area contributed by atoms with Crippen molar-refractivity contribution >= 4 is 36.3 Å². The molecule has 1 aliphatic rings. The SMILES string of the molecule is C=CC.C=N.CCCC1(OC)CCC(CCNC)=C(Nc2cccc(Cl)c2)C1.CCc1ccc(C(=N)N(C=O)CCC(F)(F)F)cc1. The van der Waals surface area contributed by atoms with E-state index >= 15 is 0 Å². The van der Waals surface area contributed by atoms with Crippen LogP contribution in [0.4, 0.5) is 18.9 Å². The van der Waals surface area contributed by atoms with Gasteiger partial charge >= 0.3 is 6.18 Å². The van der Waals surface area contributed by atoms with Crippen molar-refractivity contribution in [1.29, 1.82) is 10.8 Å². The molecular formula is C36H53ClF3N5O2. The summed E-state index contributed by atoms with van der Waals surface area (Å²) in [6.45, 7) is 12.4. The van der Waals surface area contributed by atoms with Crippen molar-refractivity contribution in [3.63, 3.8) is 0 Å². The number of nitrogens with zero attached hydrogens (tertiary/aromatic N) is 1. The van der Waals surface area contributed by atoms with Crippen molar-refractivity contribution in [2.75, 3.05) is 32.6 Å². The van der Waals surface area contributed by atoms with Gasteiger partial charge in [-0.1, -0.05) is 68.3 Å². The minimum absolute atomic E-state index is 0.0290. The zero-order valence-corrected chi connectivity index (χ0v) is 29.3. The van der Waals surface area contributed by atoms with E-state index in [1.165, 1.54) is 11.3 Å². The van der Waals surface area contributed by atoms with Gasteiger partial charge in [0.1, 0.15) is 5.84 Å². The predicted octanol–water partition coefficient (Wildman–Crippen LogP) is 9.43. The summed E-state index contributed by atoms with van der Waals surface area (Å²) in [5.74, 6) is -0.220. The van der Waals surface area contributed by atoms with Crippen molar-refractivity contribution in [1.82, 2.24) is 10.2 Å². The van der Waals surface area contributed by atoms with E-state index < -0.39 is 19.1 Å². The van der Waals surface area contributed by atoms with Gasteiger partial charge in [-0.2, -0.15) is 13.2 Å². The van der Waals surface area contributed by atoms with Crippen LogP contribution in [0.25, 0.3) is 0 Å². The Labute approximate surface area is 284 Å². The molecule has 262 valence electrons. The molecule has 0 aromatic heterocycles. The number of anilines is 1. The number of carbonyl (C=O) groups excluding carboxylic acids is 1. The fourth-order valence-electron chi connectivity index (χ4n) is 4.96. The van der Waals surface area contributed by atoms with Gasteiger partial charge in [-0.3, -0.25) is 15.1 Å². The second-order valence-corrected chi connectivity index (χ2v) is 11.3. The molecule has 2 aromatic carbocycles. The maximum atomic E-state index is 12.1. The smallest absolute Gasteiger partial charge is 0.378 e. The van der Waals surface area contributed by atoms with Crippen molar-refractivity contribution in [3.05, 3.63) is 88.6 Å². The summed E-state index contributed by atoms with van der Waals surface area (Å²) in [5.41, 5.74) is 5.32. The molecule has 0 fully saturated rings. The molecule has 3 rings (SSSR count). The first kappa shape index (κ1) is 43.5. The minimum atomic E-state index is -4.34. The average Bonchev–Trinajstić information content (AvgIpc) is 3.06. The summed E-state index contributed by atoms with van der Waals surface area (Å²) < 4.78 is 42.3. The third-order valence-electron chi connectivity index (χ3n) is 7.43. The summed E-state index contributed by atoms with van der Waals surface area (Å²) in [6.07, 6.45) is 3.84. The van der Waals surface area contributed by atoms with Crippen LogP contribution in [0, 0.1) is 10.8 Å². The number of benzene rings is 2. The Bertz CT molecular complexity index is 1240. The lowest BCUT2D eigenvalue weighted by molar-refractivity contribution is -0.138. The summed E-state index contributed by atoms with van der Waals surface area (Å²) in [7, 11) is 3.86. The third kappa shape index (κ3) is 16.8. The van der Waals surface area contributed by atoms with Gasteiger partial charge < -0.3 is 20.8 Å². The van der Waals surface area contributed by atoms with Crippen LogP contribution in [0.2, 0.25) is 5.02 Å². The number of ether oxygens (including phenoxy) is 1. The number of alkyl halides is 3. The van der Waals surface area contributed by atoms with Crippen LogP contribution in [0.5, 0.6) is 0 Å². The number of amidine groups is 1. The highest BCUT2D eigenvalue weighted by atomic mass is 35.5. The molecular weight excluding hydrogens is 627 g/mol. The minimum Gasteiger partial charge on any atom is -0.378 e. The van der Waals surface area contributed by atoms with E-state index in [1.54, 1.807) is 30.3 Å². The number of allylic oxidation sites excluding steroid dienone is 1. The number of halogens is 4. The molecule has 4 N–H and O–H groups in total. The summed E-state index contributed by atoms with van der Waals surface area (Å²) >= 11 is 6.12. The van der Waals surface area contributed by atoms with E-state index in [0.29, 0.717) is 5.56 Å². The van der Waals surface area contributed by atoms with E-state index in [9.17, 15) is 18.0 Å². The summed E-state index contributed by atoms with van der Waals surface area (Å²) in [6, 6.07) is 14.8. The lowest BCUT2D eigenvalue weighted by atomic mass is 9.79. The molecule has 0 radical (unpaired) electrons. The highest BCUT2D eigenvalue weighted by molar-refractivity contribution is 6.30. The first-order chi connectivity index (χ1) is 22.4. The maximum Gasteiger partial charge on any atom is 0.390 e. The number of nitrogens with one attached hydrogen (secondary N) is 4. The Morgan fingerprint density at radius 3 is 2.30 bits per heavy atom. The van der Waals surface area contributed by atoms with Crippen LogP contribution in [-0.4, -0.2) is 62.9 Å². The molecule has 1 atom stereocenters. The van der Waals surface area contributed by atoms with E-state index in [4.69, 9.17) is 27.2 Å². The molecule has 47 heavy (non-hydrogen) atoms. The molecule has 1 amide bonds. The molecule has 0 heterocycles. The molecule has 11 heteroatoms. The van der Waals surface area contributed by atoms with E-state index in [-0.39, 0.29) is 17.8 Å². The first-order valence-electron chi connectivity index (χ1n) is 15.7. The second-order valence-electron chi connectivity index (χ2n) is 10.9. The molecule has 0 aliphatic heterocycles. The molecule has 0 spiro atoms. The quantitative estimate of drug-likeness (QED) is 0.0733. The largest absolute Gasteiger partial charge is 0.390 e. The molecule has 7 nitrogen and oxygen atoms in total. The zero-order valence-electron chi connectivity index (χ0n) is 28.5. The normalized spacial score (nSPS) is 15.4. The number of rotatable bonds is 13. The number of carbonyl (C=O) groups is 1. The fourth-order valence-corrected chi connectivity index (χ4v) is 5.15. The van der Waals surface area contributed by atoms with Gasteiger partial charge in [0.25, 0.3) is 0 Å². The fraction of sp³-hybridized carbons (Fsp3) is 0.472. The van der Waals surface area contributed by atoms with Crippen LogP contribution < -0.4 is 10.6 Å². The Kier molecular flexibility index (Phi) is 22.0. The highest BCUT2D eigenvalue weighted by Crippen LogP contribution is 2.39. The van der Waals surface area contributed by atoms with E-state index in [1.807, 2.05) is 46.2 Å². The van der Waals surface area contributed by atoms with Crippen LogP contribution >= 0.6 is 11.6 Å². The van der Waals surface area contributed by atoms with Crippen molar-refractivity contribution in [3.8, 4) is 0 Å². The highest BCUT2D eigenvalue weighted by Gasteiger charge is 2.35. The first-order valence-corrected chi connectivity index (χ1v) is 16.1. The van der Waals surface area contributed by atoms with Crippen molar-refractivity contribution < 1.29 is 22.7 Å². The lowest BCUT2D eigenvalue weighted by Gasteiger charge is -2.38.